The number of hydrogen-bond acceptors (Lipinski definition) is 2. The Balaban J connectivity index is 1.83. The van der Waals surface area contributed by atoms with Crippen LogP contribution in [0.15, 0.2) is 24.3 Å². The van der Waals surface area contributed by atoms with Crippen molar-refractivity contribution in [2.75, 3.05) is 20.1 Å². The number of rotatable bonds is 4. The van der Waals surface area contributed by atoms with Crippen molar-refractivity contribution in [2.45, 2.75) is 25.4 Å². The molecule has 1 atom stereocenters. The molecule has 1 heterocycles. The molecule has 1 saturated heterocycles. The summed E-state index contributed by atoms with van der Waals surface area (Å²) in [6.07, 6.45) is -1.22. The topological polar surface area (TPSA) is 15.3 Å². The van der Waals surface area contributed by atoms with Gasteiger partial charge in [-0.3, -0.25) is 0 Å². The van der Waals surface area contributed by atoms with Gasteiger partial charge >= 0.3 is 0 Å². The average Bonchev–Trinajstić information content (AvgIpc) is 2.73. The van der Waals surface area contributed by atoms with E-state index in [9.17, 15) is 8.78 Å². The fourth-order valence-corrected chi connectivity index (χ4v) is 2.14. The smallest absolute Gasteiger partial charge is 0.263 e. The molecule has 0 spiro atoms. The molecule has 2 rings (SSSR count). The minimum atomic E-state index is -2.37. The molecule has 0 aliphatic carbocycles. The monoisotopic (exact) mass is 240 g/mol. The molecule has 1 aromatic carbocycles. The van der Waals surface area contributed by atoms with Crippen molar-refractivity contribution in [2.24, 2.45) is 0 Å². The van der Waals surface area contributed by atoms with Crippen molar-refractivity contribution in [1.82, 2.24) is 10.2 Å². The van der Waals surface area contributed by atoms with Crippen LogP contribution in [0.3, 0.4) is 0 Å². The first-order valence-electron chi connectivity index (χ1n) is 5.94. The number of nitrogens with one attached hydrogen (secondary N) is 1. The normalized spacial score (nSPS) is 21.3. The molecular formula is C13H18F2N2. The van der Waals surface area contributed by atoms with E-state index in [1.54, 1.807) is 12.1 Å². The van der Waals surface area contributed by atoms with Gasteiger partial charge in [-0.1, -0.05) is 24.3 Å². The van der Waals surface area contributed by atoms with Crippen LogP contribution in [-0.4, -0.2) is 31.1 Å². The third-order valence-electron chi connectivity index (χ3n) is 3.22. The molecule has 17 heavy (non-hydrogen) atoms. The Morgan fingerprint density at radius 1 is 1.35 bits per heavy atom. The average molecular weight is 240 g/mol. The fourth-order valence-electron chi connectivity index (χ4n) is 2.14. The van der Waals surface area contributed by atoms with Crippen LogP contribution in [0.4, 0.5) is 8.78 Å². The summed E-state index contributed by atoms with van der Waals surface area (Å²) in [7, 11) is 2.11. The van der Waals surface area contributed by atoms with Crippen molar-refractivity contribution in [3.05, 3.63) is 35.4 Å². The van der Waals surface area contributed by atoms with Gasteiger partial charge in [-0.25, -0.2) is 8.78 Å². The van der Waals surface area contributed by atoms with E-state index in [2.05, 4.69) is 17.3 Å². The van der Waals surface area contributed by atoms with Gasteiger partial charge in [0.05, 0.1) is 0 Å². The molecule has 1 aromatic rings. The maximum absolute atomic E-state index is 12.4. The summed E-state index contributed by atoms with van der Waals surface area (Å²) in [5.74, 6) is 0. The van der Waals surface area contributed by atoms with E-state index in [1.165, 1.54) is 12.1 Å². The van der Waals surface area contributed by atoms with Crippen LogP contribution in [0.2, 0.25) is 0 Å². The van der Waals surface area contributed by atoms with Gasteiger partial charge < -0.3 is 10.2 Å². The Labute approximate surface area is 101 Å². The Hall–Kier alpha value is -1.00. The van der Waals surface area contributed by atoms with Crippen LogP contribution in [0.25, 0.3) is 0 Å². The first-order chi connectivity index (χ1) is 8.15. The molecule has 94 valence electrons. The van der Waals surface area contributed by atoms with Gasteiger partial charge in [0, 0.05) is 24.7 Å². The zero-order valence-electron chi connectivity index (χ0n) is 10.00. The number of nitrogens with zero attached hydrogens (tertiary/aromatic N) is 1. The fraction of sp³-hybridized carbons (Fsp3) is 0.538. The van der Waals surface area contributed by atoms with Gasteiger partial charge in [-0.15, -0.1) is 0 Å². The van der Waals surface area contributed by atoms with Crippen molar-refractivity contribution in [1.29, 1.82) is 0 Å². The lowest BCUT2D eigenvalue weighted by Gasteiger charge is -2.13. The molecule has 0 radical (unpaired) electrons. The minimum absolute atomic E-state index is 0.0920. The first-order valence-corrected chi connectivity index (χ1v) is 5.94. The van der Waals surface area contributed by atoms with Gasteiger partial charge in [0.15, 0.2) is 0 Å². The lowest BCUT2D eigenvalue weighted by molar-refractivity contribution is 0.151. The standard InChI is InChI=1S/C13H18F2N2/c1-17-7-6-12(9-17)16-8-10-2-4-11(5-3-10)13(14)15/h2-5,12-13,16H,6-9H2,1H3. The third-order valence-corrected chi connectivity index (χ3v) is 3.22. The largest absolute Gasteiger partial charge is 0.309 e. The van der Waals surface area contributed by atoms with E-state index in [-0.39, 0.29) is 5.56 Å². The molecule has 0 aromatic heterocycles. The van der Waals surface area contributed by atoms with Crippen LogP contribution < -0.4 is 5.32 Å². The molecule has 1 aliphatic rings. The molecule has 1 unspecified atom stereocenters. The molecule has 0 bridgehead atoms. The van der Waals surface area contributed by atoms with E-state index in [0.29, 0.717) is 6.04 Å². The minimum Gasteiger partial charge on any atom is -0.309 e. The van der Waals surface area contributed by atoms with Crippen LogP contribution in [-0.2, 0) is 6.54 Å². The van der Waals surface area contributed by atoms with Crippen LogP contribution in [0, 0.1) is 0 Å². The maximum Gasteiger partial charge on any atom is 0.263 e. The summed E-state index contributed by atoms with van der Waals surface area (Å²) in [6, 6.07) is 7.07. The van der Waals surface area contributed by atoms with E-state index in [0.717, 1.165) is 31.6 Å². The summed E-state index contributed by atoms with van der Waals surface area (Å²) >= 11 is 0. The summed E-state index contributed by atoms with van der Waals surface area (Å²) in [5, 5.41) is 3.45. The summed E-state index contributed by atoms with van der Waals surface area (Å²) < 4.78 is 24.7. The first kappa shape index (κ1) is 12.5. The van der Waals surface area contributed by atoms with Crippen LogP contribution in [0.1, 0.15) is 24.0 Å². The van der Waals surface area contributed by atoms with Crippen molar-refractivity contribution in [3.63, 3.8) is 0 Å². The molecule has 1 fully saturated rings. The van der Waals surface area contributed by atoms with Crippen molar-refractivity contribution < 1.29 is 8.78 Å². The summed E-state index contributed by atoms with van der Waals surface area (Å²) in [4.78, 5) is 2.29. The highest BCUT2D eigenvalue weighted by atomic mass is 19.3. The second-order valence-corrected chi connectivity index (χ2v) is 4.67. The quantitative estimate of drug-likeness (QED) is 0.869. The van der Waals surface area contributed by atoms with E-state index >= 15 is 0 Å². The predicted molar refractivity (Wildman–Crippen MR) is 64.1 cm³/mol. The zero-order chi connectivity index (χ0) is 12.3. The highest BCUT2D eigenvalue weighted by Gasteiger charge is 2.18. The molecule has 1 N–H and O–H groups in total. The van der Waals surface area contributed by atoms with Gasteiger partial charge in [-0.2, -0.15) is 0 Å². The number of alkyl halides is 2. The lowest BCUT2D eigenvalue weighted by Crippen LogP contribution is -2.30. The van der Waals surface area contributed by atoms with E-state index < -0.39 is 6.43 Å². The SMILES string of the molecule is CN1CCC(NCc2ccc(C(F)F)cc2)C1. The molecule has 0 saturated carbocycles. The number of likely N-dealkylation sites (N-methyl/N-ethyl adjacent to an activating group) is 1. The number of benzene rings is 1. The van der Waals surface area contributed by atoms with E-state index in [1.807, 2.05) is 0 Å². The van der Waals surface area contributed by atoms with E-state index in [4.69, 9.17) is 0 Å². The van der Waals surface area contributed by atoms with Crippen LogP contribution in [0.5, 0.6) is 0 Å². The number of halogens is 2. The molecule has 4 heteroatoms. The molecule has 1 aliphatic heterocycles. The zero-order valence-corrected chi connectivity index (χ0v) is 10.00. The van der Waals surface area contributed by atoms with Gasteiger partial charge in [-0.05, 0) is 25.6 Å². The Morgan fingerprint density at radius 3 is 2.59 bits per heavy atom. The molecule has 0 amide bonds. The molecule has 2 nitrogen and oxygen atoms in total. The second-order valence-electron chi connectivity index (χ2n) is 4.67. The number of likely N-dealkylation sites (tertiary alicyclic amines) is 1. The van der Waals surface area contributed by atoms with Gasteiger partial charge in [0.2, 0.25) is 0 Å². The maximum atomic E-state index is 12.4. The Bertz CT molecular complexity index is 351. The second kappa shape index (κ2) is 5.56. The van der Waals surface area contributed by atoms with Gasteiger partial charge in [0.25, 0.3) is 6.43 Å². The molecular weight excluding hydrogens is 222 g/mol. The summed E-state index contributed by atoms with van der Waals surface area (Å²) in [6.45, 7) is 2.94. The Morgan fingerprint density at radius 2 is 2.06 bits per heavy atom. The van der Waals surface area contributed by atoms with Crippen molar-refractivity contribution >= 4 is 0 Å². The highest BCUT2D eigenvalue weighted by molar-refractivity contribution is 5.23. The van der Waals surface area contributed by atoms with Crippen molar-refractivity contribution in [3.8, 4) is 0 Å². The highest BCUT2D eigenvalue weighted by Crippen LogP contribution is 2.18. The lowest BCUT2D eigenvalue weighted by atomic mass is 10.1. The van der Waals surface area contributed by atoms with Crippen LogP contribution >= 0.6 is 0 Å². The summed E-state index contributed by atoms with van der Waals surface area (Å²) in [5.41, 5.74) is 1.15. The predicted octanol–water partition coefficient (Wildman–Crippen LogP) is 2.42. The number of hydrogen-bond donors (Lipinski definition) is 1. The third kappa shape index (κ3) is 3.48. The Kier molecular flexibility index (Phi) is 4.07. The van der Waals surface area contributed by atoms with Gasteiger partial charge in [0.1, 0.15) is 0 Å².